The Balaban J connectivity index is 2.58. The van der Waals surface area contributed by atoms with Crippen LogP contribution in [0.1, 0.15) is 18.3 Å². The van der Waals surface area contributed by atoms with E-state index in [1.165, 1.54) is 0 Å². The number of aromatic amines is 1. The van der Waals surface area contributed by atoms with Crippen molar-refractivity contribution in [3.05, 3.63) is 34.0 Å². The molecule has 2 heterocycles. The van der Waals surface area contributed by atoms with Crippen LogP contribution < -0.4 is 5.56 Å². The Morgan fingerprint density at radius 3 is 2.76 bits per heavy atom. The quantitative estimate of drug-likeness (QED) is 0.799. The number of aromatic hydroxyl groups is 1. The zero-order valence-electron chi connectivity index (χ0n) is 9.56. The van der Waals surface area contributed by atoms with Crippen molar-refractivity contribution >= 4 is 0 Å². The van der Waals surface area contributed by atoms with E-state index in [2.05, 4.69) is 19.9 Å². The predicted molar refractivity (Wildman–Crippen MR) is 61.7 cm³/mol. The van der Waals surface area contributed by atoms with E-state index in [9.17, 15) is 9.90 Å². The second-order valence-electron chi connectivity index (χ2n) is 3.56. The maximum atomic E-state index is 11.7. The summed E-state index contributed by atoms with van der Waals surface area (Å²) >= 11 is 0. The molecule has 0 unspecified atom stereocenters. The Morgan fingerprint density at radius 2 is 2.18 bits per heavy atom. The van der Waals surface area contributed by atoms with Gasteiger partial charge in [0.15, 0.2) is 5.82 Å². The van der Waals surface area contributed by atoms with Crippen LogP contribution in [0.15, 0.2) is 17.1 Å². The van der Waals surface area contributed by atoms with Crippen LogP contribution in [-0.2, 0) is 6.42 Å². The Kier molecular flexibility index (Phi) is 2.86. The lowest BCUT2D eigenvalue weighted by Gasteiger charge is -2.04. The molecule has 0 saturated carbocycles. The lowest BCUT2D eigenvalue weighted by atomic mass is 10.2. The van der Waals surface area contributed by atoms with Crippen molar-refractivity contribution in [2.45, 2.75) is 20.3 Å². The molecule has 0 atom stereocenters. The third-order valence-corrected chi connectivity index (χ3v) is 2.37. The molecule has 88 valence electrons. The van der Waals surface area contributed by atoms with E-state index in [4.69, 9.17) is 0 Å². The first-order chi connectivity index (χ1) is 8.11. The maximum Gasteiger partial charge on any atom is 0.258 e. The number of aromatic nitrogens is 4. The minimum atomic E-state index is -0.341. The summed E-state index contributed by atoms with van der Waals surface area (Å²) in [5.74, 6) is 0.571. The van der Waals surface area contributed by atoms with Gasteiger partial charge in [0.2, 0.25) is 5.88 Å². The molecule has 0 aliphatic heterocycles. The highest BCUT2D eigenvalue weighted by atomic mass is 16.3. The third-order valence-electron chi connectivity index (χ3n) is 2.37. The zero-order chi connectivity index (χ0) is 12.4. The van der Waals surface area contributed by atoms with Gasteiger partial charge in [0.05, 0.1) is 5.56 Å². The molecule has 0 fully saturated rings. The monoisotopic (exact) mass is 232 g/mol. The van der Waals surface area contributed by atoms with Gasteiger partial charge in [-0.3, -0.25) is 4.79 Å². The molecule has 0 radical (unpaired) electrons. The van der Waals surface area contributed by atoms with Crippen LogP contribution in [-0.4, -0.2) is 25.0 Å². The predicted octanol–water partition coefficient (Wildman–Crippen LogP) is 0.803. The van der Waals surface area contributed by atoms with Gasteiger partial charge in [0, 0.05) is 6.20 Å². The summed E-state index contributed by atoms with van der Waals surface area (Å²) in [7, 11) is 0. The summed E-state index contributed by atoms with van der Waals surface area (Å²) in [5.41, 5.74) is 0.415. The molecule has 0 aliphatic carbocycles. The summed E-state index contributed by atoms with van der Waals surface area (Å²) in [6.07, 6.45) is 2.00. The third kappa shape index (κ3) is 2.15. The molecular formula is C11H12N4O2. The molecule has 2 N–H and O–H groups in total. The minimum Gasteiger partial charge on any atom is -0.493 e. The molecule has 2 aromatic heterocycles. The molecule has 6 heteroatoms. The van der Waals surface area contributed by atoms with Gasteiger partial charge in [0.25, 0.3) is 5.56 Å². The molecule has 0 bridgehead atoms. The first-order valence-corrected chi connectivity index (χ1v) is 5.24. The average molecular weight is 232 g/mol. The number of nitrogens with one attached hydrogen (secondary N) is 1. The van der Waals surface area contributed by atoms with Gasteiger partial charge in [-0.15, -0.1) is 0 Å². The zero-order valence-corrected chi connectivity index (χ0v) is 9.56. The highest BCUT2D eigenvalue weighted by Gasteiger charge is 2.10. The first-order valence-electron chi connectivity index (χ1n) is 5.24. The summed E-state index contributed by atoms with van der Waals surface area (Å²) in [4.78, 5) is 26.2. The van der Waals surface area contributed by atoms with E-state index >= 15 is 0 Å². The molecule has 17 heavy (non-hydrogen) atoms. The Labute approximate surface area is 97.4 Å². The van der Waals surface area contributed by atoms with Crippen molar-refractivity contribution in [3.8, 4) is 17.4 Å². The van der Waals surface area contributed by atoms with Gasteiger partial charge in [-0.25, -0.2) is 9.97 Å². The van der Waals surface area contributed by atoms with E-state index in [1.807, 2.05) is 0 Å². The highest BCUT2D eigenvalue weighted by Crippen LogP contribution is 2.15. The van der Waals surface area contributed by atoms with E-state index in [0.29, 0.717) is 17.9 Å². The van der Waals surface area contributed by atoms with Crippen LogP contribution in [0.5, 0.6) is 5.88 Å². The summed E-state index contributed by atoms with van der Waals surface area (Å²) in [5, 5.41) is 9.63. The van der Waals surface area contributed by atoms with Crippen molar-refractivity contribution in [1.29, 1.82) is 0 Å². The van der Waals surface area contributed by atoms with Crippen LogP contribution in [0.25, 0.3) is 11.5 Å². The topological polar surface area (TPSA) is 91.8 Å². The molecular weight excluding hydrogens is 220 g/mol. The van der Waals surface area contributed by atoms with Crippen LogP contribution in [0.4, 0.5) is 0 Å². The Hall–Kier alpha value is -2.24. The van der Waals surface area contributed by atoms with Crippen LogP contribution >= 0.6 is 0 Å². The fraction of sp³-hybridized carbons (Fsp3) is 0.273. The van der Waals surface area contributed by atoms with Crippen molar-refractivity contribution in [2.75, 3.05) is 0 Å². The second-order valence-corrected chi connectivity index (χ2v) is 3.56. The van der Waals surface area contributed by atoms with Gasteiger partial charge in [-0.1, -0.05) is 6.92 Å². The fourth-order valence-electron chi connectivity index (χ4n) is 1.51. The summed E-state index contributed by atoms with van der Waals surface area (Å²) in [6, 6.07) is 1.62. The number of hydrogen-bond donors (Lipinski definition) is 2. The summed E-state index contributed by atoms with van der Waals surface area (Å²) < 4.78 is 0. The molecule has 0 aliphatic rings. The average Bonchev–Trinajstić information content (AvgIpc) is 2.28. The molecule has 2 rings (SSSR count). The van der Waals surface area contributed by atoms with Gasteiger partial charge in [-0.05, 0) is 19.4 Å². The Bertz CT molecular complexity index is 607. The molecule has 0 spiro atoms. The van der Waals surface area contributed by atoms with Crippen LogP contribution in [0.2, 0.25) is 0 Å². The first kappa shape index (κ1) is 11.3. The number of H-pyrrole nitrogens is 1. The highest BCUT2D eigenvalue weighted by molar-refractivity contribution is 5.49. The minimum absolute atomic E-state index is 0.246. The van der Waals surface area contributed by atoms with E-state index < -0.39 is 0 Å². The number of aryl methyl sites for hydroxylation is 1. The van der Waals surface area contributed by atoms with E-state index in [1.54, 1.807) is 26.1 Å². The lowest BCUT2D eigenvalue weighted by molar-refractivity contribution is 0.444. The molecule has 6 nitrogen and oxygen atoms in total. The van der Waals surface area contributed by atoms with Gasteiger partial charge in [-0.2, -0.15) is 4.98 Å². The van der Waals surface area contributed by atoms with Crippen LogP contribution in [0.3, 0.4) is 0 Å². The van der Waals surface area contributed by atoms with Gasteiger partial charge < -0.3 is 10.1 Å². The number of hydrogen-bond acceptors (Lipinski definition) is 5. The molecule has 0 amide bonds. The van der Waals surface area contributed by atoms with Crippen molar-refractivity contribution < 1.29 is 5.11 Å². The summed E-state index contributed by atoms with van der Waals surface area (Å²) in [6.45, 7) is 3.52. The maximum absolute atomic E-state index is 11.7. The SMILES string of the molecule is CCc1c(O)nc(-c2ccnc(C)n2)[nH]c1=O. The van der Waals surface area contributed by atoms with Crippen LogP contribution in [0, 0.1) is 6.92 Å². The van der Waals surface area contributed by atoms with Crippen molar-refractivity contribution in [1.82, 2.24) is 19.9 Å². The Morgan fingerprint density at radius 1 is 1.41 bits per heavy atom. The number of nitrogens with zero attached hydrogens (tertiary/aromatic N) is 3. The van der Waals surface area contributed by atoms with Crippen molar-refractivity contribution in [2.24, 2.45) is 0 Å². The normalized spacial score (nSPS) is 10.5. The van der Waals surface area contributed by atoms with Crippen molar-refractivity contribution in [3.63, 3.8) is 0 Å². The largest absolute Gasteiger partial charge is 0.493 e. The standard InChI is InChI=1S/C11H12N4O2/c1-3-7-10(16)14-9(15-11(7)17)8-4-5-12-6(2)13-8/h4-5H,3H2,1-2H3,(H2,14,15,16,17). The fourth-order valence-corrected chi connectivity index (χ4v) is 1.51. The van der Waals surface area contributed by atoms with E-state index in [0.717, 1.165) is 0 Å². The van der Waals surface area contributed by atoms with Gasteiger partial charge >= 0.3 is 0 Å². The van der Waals surface area contributed by atoms with Gasteiger partial charge in [0.1, 0.15) is 11.5 Å². The molecule has 0 saturated heterocycles. The molecule has 0 aromatic carbocycles. The smallest absolute Gasteiger partial charge is 0.258 e. The second kappa shape index (κ2) is 4.32. The van der Waals surface area contributed by atoms with E-state index in [-0.39, 0.29) is 22.8 Å². The lowest BCUT2D eigenvalue weighted by Crippen LogP contribution is -2.15. The number of rotatable bonds is 2. The molecule has 2 aromatic rings.